The van der Waals surface area contributed by atoms with E-state index in [1.165, 1.54) is 9.78 Å². The largest absolute Gasteiger partial charge is 0.397 e. The topological polar surface area (TPSA) is 71.2 Å². The lowest BCUT2D eigenvalue weighted by atomic mass is 10.1. The fraction of sp³-hybridized carbons (Fsp3) is 0.286. The number of nitrogens with zero attached hydrogens (tertiary/aromatic N) is 2. The van der Waals surface area contributed by atoms with Crippen LogP contribution < -0.4 is 11.1 Å². The maximum atomic E-state index is 11.8. The van der Waals surface area contributed by atoms with E-state index in [1.807, 2.05) is 19.2 Å². The van der Waals surface area contributed by atoms with Gasteiger partial charge in [-0.3, -0.25) is 4.79 Å². The van der Waals surface area contributed by atoms with Crippen molar-refractivity contribution in [3.63, 3.8) is 0 Å². The predicted octanol–water partition coefficient (Wildman–Crippen LogP) is 2.35. The lowest BCUT2D eigenvalue weighted by Crippen LogP contribution is -2.21. The van der Waals surface area contributed by atoms with Crippen molar-refractivity contribution in [3.8, 4) is 0 Å². The van der Waals surface area contributed by atoms with E-state index in [0.29, 0.717) is 17.8 Å². The fourth-order valence-electron chi connectivity index (χ4n) is 1.77. The van der Waals surface area contributed by atoms with Gasteiger partial charge in [0.05, 0.1) is 17.9 Å². The highest BCUT2D eigenvalue weighted by molar-refractivity contribution is 7.11. The van der Waals surface area contributed by atoms with Gasteiger partial charge in [-0.05, 0) is 25.1 Å². The molecule has 0 saturated heterocycles. The summed E-state index contributed by atoms with van der Waals surface area (Å²) in [7, 11) is 3.44. The molecular formula is C14H18N4OS. The van der Waals surface area contributed by atoms with Crippen LogP contribution in [0, 0.1) is 6.92 Å². The van der Waals surface area contributed by atoms with Gasteiger partial charge in [0.25, 0.3) is 5.91 Å². The van der Waals surface area contributed by atoms with Crippen LogP contribution in [0.3, 0.4) is 0 Å². The van der Waals surface area contributed by atoms with Crippen molar-refractivity contribution in [1.82, 2.24) is 9.88 Å². The van der Waals surface area contributed by atoms with E-state index in [1.54, 1.807) is 37.6 Å². The number of aromatic nitrogens is 1. The Kier molecular flexibility index (Phi) is 4.24. The van der Waals surface area contributed by atoms with Gasteiger partial charge in [-0.15, -0.1) is 11.3 Å². The number of nitrogens with two attached hydrogens (primary N) is 1. The molecule has 2 aromatic rings. The number of carbonyl (C=O) groups excluding carboxylic acids is 1. The Morgan fingerprint density at radius 1 is 1.45 bits per heavy atom. The Morgan fingerprint density at radius 3 is 2.75 bits per heavy atom. The van der Waals surface area contributed by atoms with Gasteiger partial charge in [-0.25, -0.2) is 4.98 Å². The van der Waals surface area contributed by atoms with Crippen molar-refractivity contribution >= 4 is 28.6 Å². The summed E-state index contributed by atoms with van der Waals surface area (Å²) in [4.78, 5) is 18.8. The average molecular weight is 290 g/mol. The summed E-state index contributed by atoms with van der Waals surface area (Å²) in [5.41, 5.74) is 7.94. The van der Waals surface area contributed by atoms with Crippen LogP contribution in [0.5, 0.6) is 0 Å². The highest BCUT2D eigenvalue weighted by atomic mass is 32.1. The Morgan fingerprint density at radius 2 is 2.20 bits per heavy atom. The molecular weight excluding hydrogens is 272 g/mol. The predicted molar refractivity (Wildman–Crippen MR) is 83.0 cm³/mol. The highest BCUT2D eigenvalue weighted by Gasteiger charge is 2.10. The summed E-state index contributed by atoms with van der Waals surface area (Å²) in [6, 6.07) is 5.29. The molecule has 6 heteroatoms. The second kappa shape index (κ2) is 5.92. The van der Waals surface area contributed by atoms with Crippen LogP contribution in [0.4, 0.5) is 11.4 Å². The number of aryl methyl sites for hydroxylation is 1. The van der Waals surface area contributed by atoms with Crippen LogP contribution in [0.25, 0.3) is 0 Å². The number of carbonyl (C=O) groups is 1. The van der Waals surface area contributed by atoms with Gasteiger partial charge in [0.2, 0.25) is 0 Å². The molecule has 1 aromatic heterocycles. The lowest BCUT2D eigenvalue weighted by molar-refractivity contribution is 0.0827. The summed E-state index contributed by atoms with van der Waals surface area (Å²) in [6.45, 7) is 2.65. The molecule has 106 valence electrons. The molecule has 0 spiro atoms. The van der Waals surface area contributed by atoms with E-state index in [0.717, 1.165) is 10.7 Å². The zero-order valence-electron chi connectivity index (χ0n) is 11.8. The van der Waals surface area contributed by atoms with Gasteiger partial charge < -0.3 is 16.0 Å². The van der Waals surface area contributed by atoms with Crippen LogP contribution in [-0.2, 0) is 6.54 Å². The number of nitrogens with one attached hydrogen (secondary N) is 1. The molecule has 20 heavy (non-hydrogen) atoms. The summed E-state index contributed by atoms with van der Waals surface area (Å²) in [5.74, 6) is -0.0567. The van der Waals surface area contributed by atoms with Crippen molar-refractivity contribution in [2.24, 2.45) is 0 Å². The number of hydrogen-bond acceptors (Lipinski definition) is 5. The first kappa shape index (κ1) is 14.3. The van der Waals surface area contributed by atoms with Crippen molar-refractivity contribution in [1.29, 1.82) is 0 Å². The van der Waals surface area contributed by atoms with Crippen molar-refractivity contribution in [3.05, 3.63) is 39.8 Å². The summed E-state index contributed by atoms with van der Waals surface area (Å²) in [6.07, 6.45) is 1.85. The average Bonchev–Trinajstić information content (AvgIpc) is 2.82. The molecule has 0 bridgehead atoms. The first-order valence-corrected chi connectivity index (χ1v) is 7.05. The number of amides is 1. The monoisotopic (exact) mass is 290 g/mol. The van der Waals surface area contributed by atoms with Gasteiger partial charge in [0.15, 0.2) is 0 Å². The number of nitrogen functional groups attached to an aromatic ring is 1. The minimum atomic E-state index is -0.0567. The van der Waals surface area contributed by atoms with Crippen molar-refractivity contribution in [2.75, 3.05) is 25.1 Å². The summed E-state index contributed by atoms with van der Waals surface area (Å²) >= 11 is 1.65. The zero-order valence-corrected chi connectivity index (χ0v) is 12.6. The lowest BCUT2D eigenvalue weighted by Gasteiger charge is -2.13. The van der Waals surface area contributed by atoms with Crippen molar-refractivity contribution < 1.29 is 4.79 Å². The molecule has 0 aliphatic rings. The van der Waals surface area contributed by atoms with Crippen molar-refractivity contribution in [2.45, 2.75) is 13.5 Å². The van der Waals surface area contributed by atoms with Gasteiger partial charge in [0, 0.05) is 30.7 Å². The van der Waals surface area contributed by atoms with Crippen LogP contribution in [0.15, 0.2) is 24.4 Å². The number of thiazole rings is 1. The molecule has 5 nitrogen and oxygen atoms in total. The number of anilines is 2. The highest BCUT2D eigenvalue weighted by Crippen LogP contribution is 2.22. The maximum Gasteiger partial charge on any atom is 0.253 e. The fourth-order valence-corrected chi connectivity index (χ4v) is 2.50. The normalized spacial score (nSPS) is 10.3. The van der Waals surface area contributed by atoms with Gasteiger partial charge >= 0.3 is 0 Å². The van der Waals surface area contributed by atoms with Gasteiger partial charge in [0.1, 0.15) is 5.01 Å². The molecule has 2 rings (SSSR count). The minimum Gasteiger partial charge on any atom is -0.397 e. The van der Waals surface area contributed by atoms with E-state index in [2.05, 4.69) is 10.3 Å². The summed E-state index contributed by atoms with van der Waals surface area (Å²) < 4.78 is 0. The third kappa shape index (κ3) is 3.27. The Bertz CT molecular complexity index is 621. The Balaban J connectivity index is 2.08. The summed E-state index contributed by atoms with van der Waals surface area (Å²) in [5, 5.41) is 4.25. The molecule has 0 aliphatic heterocycles. The molecule has 0 fully saturated rings. The Hall–Kier alpha value is -2.08. The number of benzene rings is 1. The molecule has 1 aromatic carbocycles. The third-order valence-corrected chi connectivity index (χ3v) is 3.72. The van der Waals surface area contributed by atoms with Crippen LogP contribution >= 0.6 is 11.3 Å². The van der Waals surface area contributed by atoms with E-state index < -0.39 is 0 Å². The molecule has 0 radical (unpaired) electrons. The molecule has 0 unspecified atom stereocenters. The third-order valence-electron chi connectivity index (χ3n) is 2.80. The molecule has 1 amide bonds. The molecule has 0 aliphatic carbocycles. The van der Waals surface area contributed by atoms with E-state index in [4.69, 9.17) is 5.73 Å². The quantitative estimate of drug-likeness (QED) is 0.848. The van der Waals surface area contributed by atoms with Gasteiger partial charge in [-0.1, -0.05) is 0 Å². The molecule has 0 atom stereocenters. The van der Waals surface area contributed by atoms with E-state index >= 15 is 0 Å². The molecule has 0 saturated carbocycles. The first-order chi connectivity index (χ1) is 9.47. The molecule has 3 N–H and O–H groups in total. The maximum absolute atomic E-state index is 11.8. The van der Waals surface area contributed by atoms with Gasteiger partial charge in [-0.2, -0.15) is 0 Å². The Labute approximate surface area is 122 Å². The molecule has 1 heterocycles. The zero-order chi connectivity index (χ0) is 14.7. The van der Waals surface area contributed by atoms with Crippen LogP contribution in [0.2, 0.25) is 0 Å². The minimum absolute atomic E-state index is 0.0567. The number of hydrogen-bond donors (Lipinski definition) is 2. The second-order valence-electron chi connectivity index (χ2n) is 4.72. The van der Waals surface area contributed by atoms with Crippen LogP contribution in [0.1, 0.15) is 20.2 Å². The van der Waals surface area contributed by atoms with Crippen LogP contribution in [-0.4, -0.2) is 29.9 Å². The standard InChI is InChI=1S/C14H18N4OS/c1-9-7-17-13(20-9)8-16-12-5-4-10(6-11(12)15)14(19)18(2)3/h4-7,16H,8,15H2,1-3H3. The number of rotatable bonds is 4. The smallest absolute Gasteiger partial charge is 0.253 e. The first-order valence-electron chi connectivity index (χ1n) is 6.23. The SMILES string of the molecule is Cc1cnc(CNc2ccc(C(=O)N(C)C)cc2N)s1. The second-order valence-corrected chi connectivity index (χ2v) is 6.04. The van der Waals surface area contributed by atoms with E-state index in [-0.39, 0.29) is 5.91 Å². The van der Waals surface area contributed by atoms with E-state index in [9.17, 15) is 4.79 Å².